The highest BCUT2D eigenvalue weighted by molar-refractivity contribution is 5.88. The number of hydrogen-bond donors (Lipinski definition) is 2. The largest absolute Gasteiger partial charge is 0.478 e. The molecule has 4 nitrogen and oxygen atoms in total. The maximum atomic E-state index is 10.7. The molecule has 2 rings (SSSR count). The van der Waals surface area contributed by atoms with E-state index in [1.165, 1.54) is 31.6 Å². The summed E-state index contributed by atoms with van der Waals surface area (Å²) >= 11 is 0. The zero-order valence-electron chi connectivity index (χ0n) is 8.53. The number of carboxylic acid groups (broad SMARTS) is 1. The second kappa shape index (κ2) is 4.49. The quantitative estimate of drug-likeness (QED) is 0.702. The molecule has 2 N–H and O–H groups in total. The van der Waals surface area contributed by atoms with E-state index in [1.54, 1.807) is 0 Å². The molecule has 1 fully saturated rings. The van der Waals surface area contributed by atoms with E-state index in [2.05, 4.69) is 5.32 Å². The first-order valence-electron chi connectivity index (χ1n) is 5.27. The van der Waals surface area contributed by atoms with Crippen molar-refractivity contribution >= 4 is 5.97 Å². The second-order valence-corrected chi connectivity index (χ2v) is 3.97. The Balaban J connectivity index is 1.76. The highest BCUT2D eigenvalue weighted by Crippen LogP contribution is 2.31. The molecule has 1 aromatic heterocycles. The molecular formula is C11H15NO3. The van der Waals surface area contributed by atoms with Crippen molar-refractivity contribution in [3.8, 4) is 0 Å². The summed E-state index contributed by atoms with van der Waals surface area (Å²) in [6.45, 7) is 1.44. The van der Waals surface area contributed by atoms with Crippen LogP contribution in [0.1, 0.15) is 35.4 Å². The van der Waals surface area contributed by atoms with E-state index in [0.717, 1.165) is 12.5 Å². The smallest absolute Gasteiger partial charge is 0.339 e. The second-order valence-electron chi connectivity index (χ2n) is 3.97. The molecule has 1 aromatic rings. The molecule has 0 bridgehead atoms. The molecule has 0 saturated heterocycles. The molecule has 15 heavy (non-hydrogen) atoms. The number of aromatic carboxylic acids is 1. The summed E-state index contributed by atoms with van der Waals surface area (Å²) in [7, 11) is 0. The highest BCUT2D eigenvalue weighted by Gasteiger charge is 2.20. The fourth-order valence-electron chi connectivity index (χ4n) is 1.58. The van der Waals surface area contributed by atoms with Crippen LogP contribution in [0.5, 0.6) is 0 Å². The summed E-state index contributed by atoms with van der Waals surface area (Å²) in [6, 6.07) is 1.49. The lowest BCUT2D eigenvalue weighted by Gasteiger charge is -2.02. The lowest BCUT2D eigenvalue weighted by Crippen LogP contribution is -2.16. The molecule has 0 aliphatic heterocycles. The van der Waals surface area contributed by atoms with E-state index < -0.39 is 5.97 Å². The highest BCUT2D eigenvalue weighted by atomic mass is 16.4. The molecule has 4 heteroatoms. The van der Waals surface area contributed by atoms with Crippen LogP contribution in [0.25, 0.3) is 0 Å². The van der Waals surface area contributed by atoms with Crippen molar-refractivity contribution in [1.29, 1.82) is 0 Å². The monoisotopic (exact) mass is 209 g/mol. The minimum atomic E-state index is -0.928. The van der Waals surface area contributed by atoms with Crippen LogP contribution < -0.4 is 5.32 Å². The Morgan fingerprint density at radius 1 is 1.60 bits per heavy atom. The van der Waals surface area contributed by atoms with Crippen molar-refractivity contribution in [1.82, 2.24) is 5.32 Å². The predicted molar refractivity (Wildman–Crippen MR) is 54.7 cm³/mol. The molecule has 0 radical (unpaired) electrons. The summed E-state index contributed by atoms with van der Waals surface area (Å²) in [6.07, 6.45) is 5.30. The topological polar surface area (TPSA) is 62.5 Å². The van der Waals surface area contributed by atoms with Crippen molar-refractivity contribution in [2.75, 3.05) is 6.54 Å². The van der Waals surface area contributed by atoms with Crippen molar-refractivity contribution in [2.24, 2.45) is 5.92 Å². The lowest BCUT2D eigenvalue weighted by atomic mass is 10.2. The van der Waals surface area contributed by atoms with Crippen LogP contribution >= 0.6 is 0 Å². The Morgan fingerprint density at radius 2 is 2.40 bits per heavy atom. The van der Waals surface area contributed by atoms with Gasteiger partial charge < -0.3 is 14.8 Å². The van der Waals surface area contributed by atoms with Gasteiger partial charge in [-0.3, -0.25) is 0 Å². The summed E-state index contributed by atoms with van der Waals surface area (Å²) in [4.78, 5) is 10.7. The third-order valence-corrected chi connectivity index (χ3v) is 2.69. The number of nitrogens with one attached hydrogen (secondary N) is 1. The average molecular weight is 209 g/mol. The van der Waals surface area contributed by atoms with Gasteiger partial charge in [0.1, 0.15) is 11.3 Å². The third-order valence-electron chi connectivity index (χ3n) is 2.69. The molecule has 1 aliphatic rings. The van der Waals surface area contributed by atoms with Gasteiger partial charge in [0.05, 0.1) is 12.8 Å². The van der Waals surface area contributed by atoms with Crippen LogP contribution in [-0.4, -0.2) is 17.6 Å². The first-order valence-corrected chi connectivity index (χ1v) is 5.27. The molecule has 1 heterocycles. The van der Waals surface area contributed by atoms with Gasteiger partial charge in [-0.15, -0.1) is 0 Å². The Kier molecular flexibility index (Phi) is 3.06. The van der Waals surface area contributed by atoms with Gasteiger partial charge in [0.15, 0.2) is 0 Å². The van der Waals surface area contributed by atoms with Crippen LogP contribution in [0.3, 0.4) is 0 Å². The summed E-state index contributed by atoms with van der Waals surface area (Å²) in [5, 5.41) is 12.0. The van der Waals surface area contributed by atoms with E-state index in [0.29, 0.717) is 12.3 Å². The fourth-order valence-corrected chi connectivity index (χ4v) is 1.58. The van der Waals surface area contributed by atoms with Gasteiger partial charge in [-0.2, -0.15) is 0 Å². The number of carboxylic acids is 1. The van der Waals surface area contributed by atoms with Crippen LogP contribution in [0.2, 0.25) is 0 Å². The van der Waals surface area contributed by atoms with E-state index in [9.17, 15) is 4.79 Å². The van der Waals surface area contributed by atoms with Crippen molar-refractivity contribution in [2.45, 2.75) is 25.8 Å². The van der Waals surface area contributed by atoms with Gasteiger partial charge in [0.25, 0.3) is 0 Å². The molecule has 1 saturated carbocycles. The molecule has 0 unspecified atom stereocenters. The molecule has 82 valence electrons. The Hall–Kier alpha value is -1.29. The number of carbonyl (C=O) groups is 1. The Bertz CT molecular complexity index is 341. The number of furan rings is 1. The Morgan fingerprint density at radius 3 is 3.07 bits per heavy atom. The normalized spacial score (nSPS) is 15.5. The van der Waals surface area contributed by atoms with Crippen LogP contribution in [0.4, 0.5) is 0 Å². The van der Waals surface area contributed by atoms with Gasteiger partial charge in [0.2, 0.25) is 0 Å². The van der Waals surface area contributed by atoms with Gasteiger partial charge in [-0.25, -0.2) is 4.79 Å². The van der Waals surface area contributed by atoms with Gasteiger partial charge >= 0.3 is 5.97 Å². The molecule has 0 aromatic carbocycles. The maximum absolute atomic E-state index is 10.7. The van der Waals surface area contributed by atoms with Crippen molar-refractivity contribution in [3.05, 3.63) is 23.7 Å². The zero-order chi connectivity index (χ0) is 10.7. The summed E-state index contributed by atoms with van der Waals surface area (Å²) < 4.78 is 5.11. The van der Waals surface area contributed by atoms with E-state index in [-0.39, 0.29) is 5.56 Å². The number of rotatable bonds is 6. The standard InChI is InChI=1S/C11H15NO3/c13-11(14)9-4-6-15-10(9)7-12-5-3-8-1-2-8/h4,6,8,12H,1-3,5,7H2,(H,13,14). The molecule has 0 atom stereocenters. The summed E-state index contributed by atoms with van der Waals surface area (Å²) in [5.74, 6) is 0.481. The van der Waals surface area contributed by atoms with Crippen LogP contribution in [-0.2, 0) is 6.54 Å². The third kappa shape index (κ3) is 2.83. The molecule has 0 amide bonds. The van der Waals surface area contributed by atoms with E-state index in [1.807, 2.05) is 0 Å². The minimum Gasteiger partial charge on any atom is -0.478 e. The van der Waals surface area contributed by atoms with Gasteiger partial charge in [-0.05, 0) is 24.9 Å². The van der Waals surface area contributed by atoms with E-state index in [4.69, 9.17) is 9.52 Å². The van der Waals surface area contributed by atoms with Crippen molar-refractivity contribution < 1.29 is 14.3 Å². The fraction of sp³-hybridized carbons (Fsp3) is 0.545. The first kappa shape index (κ1) is 10.2. The van der Waals surface area contributed by atoms with Gasteiger partial charge in [-0.1, -0.05) is 12.8 Å². The molecule has 1 aliphatic carbocycles. The van der Waals surface area contributed by atoms with Crippen LogP contribution in [0.15, 0.2) is 16.7 Å². The lowest BCUT2D eigenvalue weighted by molar-refractivity contribution is 0.0694. The minimum absolute atomic E-state index is 0.258. The molecule has 0 spiro atoms. The predicted octanol–water partition coefficient (Wildman–Crippen LogP) is 1.87. The Labute approximate surface area is 88.3 Å². The summed E-state index contributed by atoms with van der Waals surface area (Å²) in [5.41, 5.74) is 0.258. The van der Waals surface area contributed by atoms with Gasteiger partial charge in [0, 0.05) is 0 Å². The number of hydrogen-bond acceptors (Lipinski definition) is 3. The average Bonchev–Trinajstić information content (AvgIpc) is 2.90. The SMILES string of the molecule is O=C(O)c1ccoc1CNCCC1CC1. The van der Waals surface area contributed by atoms with Crippen molar-refractivity contribution in [3.63, 3.8) is 0 Å². The van der Waals surface area contributed by atoms with E-state index >= 15 is 0 Å². The van der Waals surface area contributed by atoms with Crippen LogP contribution in [0, 0.1) is 5.92 Å². The first-order chi connectivity index (χ1) is 7.27. The maximum Gasteiger partial charge on any atom is 0.339 e. The zero-order valence-corrected chi connectivity index (χ0v) is 8.53. The molecular weight excluding hydrogens is 194 g/mol.